The fourth-order valence-corrected chi connectivity index (χ4v) is 2.55. The minimum Gasteiger partial charge on any atom is -0.380 e. The van der Waals surface area contributed by atoms with Gasteiger partial charge in [0.05, 0.1) is 6.10 Å². The molecular weight excluding hydrogens is 234 g/mol. The quantitative estimate of drug-likeness (QED) is 0.760. The molecule has 3 unspecified atom stereocenters. The summed E-state index contributed by atoms with van der Waals surface area (Å²) in [6, 6.07) is 11.5. The molecule has 0 fully saturated rings. The van der Waals surface area contributed by atoms with Gasteiger partial charge < -0.3 is 10.1 Å². The van der Waals surface area contributed by atoms with Crippen LogP contribution in [0.1, 0.15) is 52.1 Å². The van der Waals surface area contributed by atoms with Crippen LogP contribution >= 0.6 is 0 Å². The second kappa shape index (κ2) is 8.34. The number of rotatable bonds is 8. The van der Waals surface area contributed by atoms with Gasteiger partial charge in [0.1, 0.15) is 0 Å². The summed E-state index contributed by atoms with van der Waals surface area (Å²) in [5.41, 5.74) is 1.38. The van der Waals surface area contributed by atoms with E-state index in [1.54, 1.807) is 7.11 Å². The lowest BCUT2D eigenvalue weighted by atomic mass is 9.88. The molecule has 3 atom stereocenters. The molecule has 0 aromatic heterocycles. The molecule has 0 spiro atoms. The van der Waals surface area contributed by atoms with Crippen LogP contribution in [0.3, 0.4) is 0 Å². The Morgan fingerprint density at radius 3 is 2.11 bits per heavy atom. The van der Waals surface area contributed by atoms with Crippen molar-refractivity contribution in [3.63, 3.8) is 0 Å². The Balaban J connectivity index is 2.87. The van der Waals surface area contributed by atoms with Gasteiger partial charge in [-0.25, -0.2) is 0 Å². The predicted molar refractivity (Wildman–Crippen MR) is 82.3 cm³/mol. The number of ether oxygens (including phenoxy) is 1. The minimum absolute atomic E-state index is 0.223. The van der Waals surface area contributed by atoms with Gasteiger partial charge in [0.25, 0.3) is 0 Å². The lowest BCUT2D eigenvalue weighted by molar-refractivity contribution is 0.0800. The maximum atomic E-state index is 5.43. The van der Waals surface area contributed by atoms with Gasteiger partial charge in [0.15, 0.2) is 0 Å². The topological polar surface area (TPSA) is 21.3 Å². The molecule has 0 radical (unpaired) electrons. The molecule has 0 aliphatic rings. The summed E-state index contributed by atoms with van der Waals surface area (Å²) in [5.74, 6) is 0.661. The highest BCUT2D eigenvalue weighted by Gasteiger charge is 2.23. The van der Waals surface area contributed by atoms with Gasteiger partial charge >= 0.3 is 0 Å². The van der Waals surface area contributed by atoms with Gasteiger partial charge in [0, 0.05) is 19.2 Å². The normalized spacial score (nSPS) is 16.3. The average Bonchev–Trinajstić information content (AvgIpc) is 2.47. The van der Waals surface area contributed by atoms with E-state index in [0.29, 0.717) is 18.0 Å². The third-order valence-electron chi connectivity index (χ3n) is 4.20. The molecule has 19 heavy (non-hydrogen) atoms. The molecule has 1 aromatic carbocycles. The van der Waals surface area contributed by atoms with Crippen LogP contribution in [0.25, 0.3) is 0 Å². The Bertz CT molecular complexity index is 334. The van der Waals surface area contributed by atoms with E-state index in [1.165, 1.54) is 18.4 Å². The summed E-state index contributed by atoms with van der Waals surface area (Å²) in [4.78, 5) is 0. The lowest BCUT2D eigenvalue weighted by Gasteiger charge is -2.32. The Morgan fingerprint density at radius 1 is 1.05 bits per heavy atom. The van der Waals surface area contributed by atoms with Crippen LogP contribution in [-0.2, 0) is 4.74 Å². The molecule has 0 aliphatic heterocycles. The number of methoxy groups -OCH3 is 1. The zero-order valence-corrected chi connectivity index (χ0v) is 13.0. The molecule has 0 saturated carbocycles. The molecule has 0 aliphatic carbocycles. The molecule has 0 heterocycles. The summed E-state index contributed by atoms with van der Waals surface area (Å²) < 4.78 is 5.43. The molecular formula is C17H29NO. The number of hydrogen-bond donors (Lipinski definition) is 1. The number of nitrogens with one attached hydrogen (secondary N) is 1. The van der Waals surface area contributed by atoms with E-state index in [-0.39, 0.29) is 6.10 Å². The van der Waals surface area contributed by atoms with Gasteiger partial charge in [-0.05, 0) is 25.3 Å². The zero-order valence-electron chi connectivity index (χ0n) is 13.0. The van der Waals surface area contributed by atoms with Crippen molar-refractivity contribution in [2.75, 3.05) is 7.11 Å². The van der Waals surface area contributed by atoms with Gasteiger partial charge in [-0.2, -0.15) is 0 Å². The van der Waals surface area contributed by atoms with Crippen LogP contribution in [-0.4, -0.2) is 19.3 Å². The Kier molecular flexibility index (Phi) is 7.11. The molecule has 0 bridgehead atoms. The Labute approximate surface area is 118 Å². The fraction of sp³-hybridized carbons (Fsp3) is 0.647. The van der Waals surface area contributed by atoms with E-state index in [0.717, 1.165) is 0 Å². The first-order valence-electron chi connectivity index (χ1n) is 7.47. The van der Waals surface area contributed by atoms with Crippen molar-refractivity contribution in [2.45, 2.75) is 58.7 Å². The molecule has 2 heteroatoms. The average molecular weight is 263 g/mol. The highest BCUT2D eigenvalue weighted by molar-refractivity contribution is 5.20. The SMILES string of the molecule is CCC(CC)C(NC(C)C(C)OC)c1ccccc1. The number of benzene rings is 1. The van der Waals surface area contributed by atoms with Crippen molar-refractivity contribution >= 4 is 0 Å². The Morgan fingerprint density at radius 2 is 1.63 bits per heavy atom. The monoisotopic (exact) mass is 263 g/mol. The third kappa shape index (κ3) is 4.63. The van der Waals surface area contributed by atoms with Crippen LogP contribution in [0.4, 0.5) is 0 Å². The molecule has 1 aromatic rings. The van der Waals surface area contributed by atoms with Gasteiger partial charge in [-0.3, -0.25) is 0 Å². The fourth-order valence-electron chi connectivity index (χ4n) is 2.55. The predicted octanol–water partition coefficient (Wildman–Crippen LogP) is 4.18. The van der Waals surface area contributed by atoms with Gasteiger partial charge in [0.2, 0.25) is 0 Å². The highest BCUT2D eigenvalue weighted by Crippen LogP contribution is 2.28. The summed E-state index contributed by atoms with van der Waals surface area (Å²) in [5, 5.41) is 3.76. The summed E-state index contributed by atoms with van der Waals surface area (Å²) in [7, 11) is 1.78. The van der Waals surface area contributed by atoms with Crippen molar-refractivity contribution in [1.82, 2.24) is 5.32 Å². The number of hydrogen-bond acceptors (Lipinski definition) is 2. The second-order valence-electron chi connectivity index (χ2n) is 5.36. The minimum atomic E-state index is 0.223. The van der Waals surface area contributed by atoms with Crippen molar-refractivity contribution < 1.29 is 4.74 Å². The summed E-state index contributed by atoms with van der Waals surface area (Å²) in [6.07, 6.45) is 2.61. The largest absolute Gasteiger partial charge is 0.380 e. The zero-order chi connectivity index (χ0) is 14.3. The van der Waals surface area contributed by atoms with Crippen molar-refractivity contribution in [3.05, 3.63) is 35.9 Å². The molecule has 2 nitrogen and oxygen atoms in total. The van der Waals surface area contributed by atoms with E-state index in [9.17, 15) is 0 Å². The van der Waals surface area contributed by atoms with Crippen LogP contribution in [0.2, 0.25) is 0 Å². The molecule has 1 N–H and O–H groups in total. The molecule has 0 saturated heterocycles. The van der Waals surface area contributed by atoms with E-state index in [2.05, 4.69) is 63.3 Å². The van der Waals surface area contributed by atoms with Gasteiger partial charge in [-0.15, -0.1) is 0 Å². The maximum Gasteiger partial charge on any atom is 0.0693 e. The van der Waals surface area contributed by atoms with E-state index < -0.39 is 0 Å². The third-order valence-corrected chi connectivity index (χ3v) is 4.20. The van der Waals surface area contributed by atoms with E-state index >= 15 is 0 Å². The van der Waals surface area contributed by atoms with E-state index in [4.69, 9.17) is 4.74 Å². The molecule has 108 valence electrons. The highest BCUT2D eigenvalue weighted by atomic mass is 16.5. The summed E-state index contributed by atoms with van der Waals surface area (Å²) >= 11 is 0. The second-order valence-corrected chi connectivity index (χ2v) is 5.36. The van der Waals surface area contributed by atoms with Crippen molar-refractivity contribution in [3.8, 4) is 0 Å². The first-order valence-corrected chi connectivity index (χ1v) is 7.47. The Hall–Kier alpha value is -0.860. The van der Waals surface area contributed by atoms with Crippen molar-refractivity contribution in [1.29, 1.82) is 0 Å². The standard InChI is InChI=1S/C17H29NO/c1-6-15(7-2)17(16-11-9-8-10-12-16)18-13(3)14(4)19-5/h8-15,17-18H,6-7H2,1-5H3. The summed E-state index contributed by atoms with van der Waals surface area (Å²) in [6.45, 7) is 8.87. The van der Waals surface area contributed by atoms with Crippen LogP contribution in [0.15, 0.2) is 30.3 Å². The smallest absolute Gasteiger partial charge is 0.0693 e. The van der Waals surface area contributed by atoms with Crippen LogP contribution < -0.4 is 5.32 Å². The molecule has 1 rings (SSSR count). The first kappa shape index (κ1) is 16.2. The maximum absolute atomic E-state index is 5.43. The van der Waals surface area contributed by atoms with Crippen molar-refractivity contribution in [2.24, 2.45) is 5.92 Å². The lowest BCUT2D eigenvalue weighted by Crippen LogP contribution is -2.41. The molecule has 0 amide bonds. The first-order chi connectivity index (χ1) is 9.13. The van der Waals surface area contributed by atoms with Crippen LogP contribution in [0.5, 0.6) is 0 Å². The van der Waals surface area contributed by atoms with Gasteiger partial charge in [-0.1, -0.05) is 57.0 Å². The van der Waals surface area contributed by atoms with E-state index in [1.807, 2.05) is 0 Å². The van der Waals surface area contributed by atoms with Crippen LogP contribution in [0, 0.1) is 5.92 Å².